The van der Waals surface area contributed by atoms with Crippen molar-refractivity contribution in [3.63, 3.8) is 0 Å². The third-order valence-corrected chi connectivity index (χ3v) is 6.23. The highest BCUT2D eigenvalue weighted by molar-refractivity contribution is 5.79. The van der Waals surface area contributed by atoms with E-state index in [1.54, 1.807) is 0 Å². The van der Waals surface area contributed by atoms with Crippen LogP contribution in [0.4, 0.5) is 0 Å². The Morgan fingerprint density at radius 1 is 1.14 bits per heavy atom. The molecule has 6 heteroatoms. The summed E-state index contributed by atoms with van der Waals surface area (Å²) in [4.78, 5) is 15.2. The number of carbonyl (C=O) groups excluding carboxylic acids is 1. The van der Waals surface area contributed by atoms with Crippen molar-refractivity contribution < 1.29 is 19.0 Å². The fraction of sp³-hybridized carbons (Fsp3) is 0.682. The minimum atomic E-state index is -0.295. The van der Waals surface area contributed by atoms with Crippen molar-refractivity contribution in [3.8, 4) is 11.5 Å². The number of hydrogen-bond donors (Lipinski definition) is 1. The molecule has 1 aromatic carbocycles. The largest absolute Gasteiger partial charge is 0.486 e. The summed E-state index contributed by atoms with van der Waals surface area (Å²) >= 11 is 0. The molecule has 154 valence electrons. The highest BCUT2D eigenvalue weighted by Crippen LogP contribution is 2.42. The van der Waals surface area contributed by atoms with Crippen molar-refractivity contribution in [2.24, 2.45) is 0 Å². The number of benzene rings is 1. The van der Waals surface area contributed by atoms with Gasteiger partial charge in [0.25, 0.3) is 0 Å². The van der Waals surface area contributed by atoms with E-state index in [4.69, 9.17) is 14.2 Å². The molecule has 6 nitrogen and oxygen atoms in total. The third kappa shape index (κ3) is 4.28. The second-order valence-corrected chi connectivity index (χ2v) is 8.16. The maximum absolute atomic E-state index is 13.0. The number of amides is 1. The monoisotopic (exact) mass is 388 g/mol. The van der Waals surface area contributed by atoms with Crippen LogP contribution < -0.4 is 14.8 Å². The molecule has 28 heavy (non-hydrogen) atoms. The van der Waals surface area contributed by atoms with Gasteiger partial charge in [0.05, 0.1) is 18.2 Å². The first-order valence-electron chi connectivity index (χ1n) is 10.7. The van der Waals surface area contributed by atoms with Gasteiger partial charge < -0.3 is 19.5 Å². The van der Waals surface area contributed by atoms with Crippen LogP contribution in [0.25, 0.3) is 0 Å². The summed E-state index contributed by atoms with van der Waals surface area (Å²) in [5, 5.41) is 3.39. The van der Waals surface area contributed by atoms with E-state index in [1.165, 1.54) is 0 Å². The van der Waals surface area contributed by atoms with E-state index < -0.39 is 0 Å². The zero-order valence-corrected chi connectivity index (χ0v) is 16.9. The van der Waals surface area contributed by atoms with Crippen molar-refractivity contribution in [1.29, 1.82) is 0 Å². The summed E-state index contributed by atoms with van der Waals surface area (Å²) in [5.41, 5.74) is 0.834. The van der Waals surface area contributed by atoms with Gasteiger partial charge in [0.15, 0.2) is 11.5 Å². The van der Waals surface area contributed by atoms with E-state index in [9.17, 15) is 4.79 Å². The van der Waals surface area contributed by atoms with Gasteiger partial charge in [-0.1, -0.05) is 25.8 Å². The Kier molecular flexibility index (Phi) is 6.07. The predicted octanol–water partition coefficient (Wildman–Crippen LogP) is 2.84. The molecule has 1 saturated carbocycles. The topological polar surface area (TPSA) is 60.0 Å². The minimum absolute atomic E-state index is 0.0941. The van der Waals surface area contributed by atoms with Crippen LogP contribution in [0.2, 0.25) is 0 Å². The van der Waals surface area contributed by atoms with Crippen LogP contribution >= 0.6 is 0 Å². The summed E-state index contributed by atoms with van der Waals surface area (Å²) in [7, 11) is 0. The molecule has 0 spiro atoms. The summed E-state index contributed by atoms with van der Waals surface area (Å²) < 4.78 is 17.2. The van der Waals surface area contributed by atoms with E-state index in [2.05, 4.69) is 29.3 Å². The first kappa shape index (κ1) is 19.5. The number of fused-ring (bicyclic) bond motifs is 1. The SMILES string of the molecule is CCN(CC(=O)NC1(c2ccc3c(c2)OCCO3)CCCC1)CC1CCCO1. The highest BCUT2D eigenvalue weighted by atomic mass is 16.6. The molecule has 1 amide bonds. The molecular weight excluding hydrogens is 356 g/mol. The van der Waals surface area contributed by atoms with Crippen LogP contribution in [0, 0.1) is 0 Å². The summed E-state index contributed by atoms with van der Waals surface area (Å²) in [6.45, 7) is 6.22. The minimum Gasteiger partial charge on any atom is -0.486 e. The van der Waals surface area contributed by atoms with Crippen molar-refractivity contribution in [3.05, 3.63) is 23.8 Å². The number of carbonyl (C=O) groups is 1. The third-order valence-electron chi connectivity index (χ3n) is 6.23. The molecule has 0 radical (unpaired) electrons. The second kappa shape index (κ2) is 8.70. The Labute approximate surface area is 167 Å². The van der Waals surface area contributed by atoms with E-state index in [1.807, 2.05) is 6.07 Å². The maximum atomic E-state index is 13.0. The molecule has 1 aliphatic carbocycles. The summed E-state index contributed by atoms with van der Waals surface area (Å²) in [5.74, 6) is 1.68. The van der Waals surface area contributed by atoms with Crippen LogP contribution in [-0.4, -0.2) is 56.4 Å². The molecule has 2 heterocycles. The van der Waals surface area contributed by atoms with Gasteiger partial charge >= 0.3 is 0 Å². The van der Waals surface area contributed by atoms with Crippen molar-refractivity contribution in [2.75, 3.05) is 39.5 Å². The first-order chi connectivity index (χ1) is 13.7. The normalized spacial score (nSPS) is 23.1. The van der Waals surface area contributed by atoms with E-state index in [0.717, 1.165) is 75.3 Å². The van der Waals surface area contributed by atoms with Gasteiger partial charge in [-0.3, -0.25) is 9.69 Å². The molecule has 1 saturated heterocycles. The van der Waals surface area contributed by atoms with Crippen LogP contribution in [-0.2, 0) is 15.1 Å². The van der Waals surface area contributed by atoms with Crippen LogP contribution in [0.5, 0.6) is 11.5 Å². The molecule has 2 fully saturated rings. The Balaban J connectivity index is 1.44. The quantitative estimate of drug-likeness (QED) is 0.778. The average molecular weight is 389 g/mol. The molecule has 2 aliphatic heterocycles. The number of ether oxygens (including phenoxy) is 3. The van der Waals surface area contributed by atoms with Crippen molar-refractivity contribution in [1.82, 2.24) is 10.2 Å². The number of likely N-dealkylation sites (N-methyl/N-ethyl adjacent to an activating group) is 1. The predicted molar refractivity (Wildman–Crippen MR) is 107 cm³/mol. The Hall–Kier alpha value is -1.79. The van der Waals surface area contributed by atoms with E-state index >= 15 is 0 Å². The maximum Gasteiger partial charge on any atom is 0.234 e. The number of rotatable bonds is 7. The molecule has 3 aliphatic rings. The molecule has 4 rings (SSSR count). The Bertz CT molecular complexity index is 681. The van der Waals surface area contributed by atoms with Gasteiger partial charge in [-0.2, -0.15) is 0 Å². The van der Waals surface area contributed by atoms with E-state index in [-0.39, 0.29) is 17.6 Å². The van der Waals surface area contributed by atoms with Crippen molar-refractivity contribution in [2.45, 2.75) is 57.1 Å². The van der Waals surface area contributed by atoms with Crippen LogP contribution in [0.3, 0.4) is 0 Å². The van der Waals surface area contributed by atoms with Crippen LogP contribution in [0.1, 0.15) is 51.0 Å². The number of nitrogens with zero attached hydrogens (tertiary/aromatic N) is 1. The lowest BCUT2D eigenvalue weighted by Crippen LogP contribution is -2.48. The Morgan fingerprint density at radius 3 is 2.64 bits per heavy atom. The lowest BCUT2D eigenvalue weighted by Gasteiger charge is -2.33. The molecule has 1 N–H and O–H groups in total. The lowest BCUT2D eigenvalue weighted by atomic mass is 9.87. The molecular formula is C22H32N2O4. The van der Waals surface area contributed by atoms with E-state index in [0.29, 0.717) is 19.8 Å². The fourth-order valence-corrected chi connectivity index (χ4v) is 4.70. The average Bonchev–Trinajstić information content (AvgIpc) is 3.40. The van der Waals surface area contributed by atoms with Crippen molar-refractivity contribution >= 4 is 5.91 Å². The number of nitrogens with one attached hydrogen (secondary N) is 1. The smallest absolute Gasteiger partial charge is 0.234 e. The molecule has 0 aromatic heterocycles. The summed E-state index contributed by atoms with van der Waals surface area (Å²) in [6.07, 6.45) is 6.68. The van der Waals surface area contributed by atoms with Gasteiger partial charge in [0.1, 0.15) is 13.2 Å². The molecule has 1 atom stereocenters. The second-order valence-electron chi connectivity index (χ2n) is 8.16. The standard InChI is InChI=1S/C22H32N2O4/c1-2-24(15-18-6-5-11-26-18)16-21(25)23-22(9-3-4-10-22)17-7-8-19-20(14-17)28-13-12-27-19/h7-8,14,18H,2-6,9-13,15-16H2,1H3,(H,23,25). The Morgan fingerprint density at radius 2 is 1.93 bits per heavy atom. The van der Waals surface area contributed by atoms with Gasteiger partial charge in [-0.25, -0.2) is 0 Å². The van der Waals surface area contributed by atoms with Gasteiger partial charge in [-0.05, 0) is 49.9 Å². The fourth-order valence-electron chi connectivity index (χ4n) is 4.70. The lowest BCUT2D eigenvalue weighted by molar-refractivity contribution is -0.124. The van der Waals surface area contributed by atoms with Gasteiger partial charge in [0, 0.05) is 13.2 Å². The van der Waals surface area contributed by atoms with Gasteiger partial charge in [0.2, 0.25) is 5.91 Å². The highest BCUT2D eigenvalue weighted by Gasteiger charge is 2.38. The zero-order chi connectivity index (χ0) is 19.4. The molecule has 1 aromatic rings. The van der Waals surface area contributed by atoms with Crippen LogP contribution in [0.15, 0.2) is 18.2 Å². The molecule has 0 bridgehead atoms. The zero-order valence-electron chi connectivity index (χ0n) is 16.9. The summed E-state index contributed by atoms with van der Waals surface area (Å²) in [6, 6.07) is 6.12. The molecule has 1 unspecified atom stereocenters. The number of hydrogen-bond acceptors (Lipinski definition) is 5. The first-order valence-corrected chi connectivity index (χ1v) is 10.7. The van der Waals surface area contributed by atoms with Gasteiger partial charge in [-0.15, -0.1) is 0 Å².